The topological polar surface area (TPSA) is 47.3 Å². The van der Waals surface area contributed by atoms with Crippen LogP contribution < -0.4 is 0 Å². The molecule has 0 aliphatic carbocycles. The summed E-state index contributed by atoms with van der Waals surface area (Å²) in [5.74, 6) is 0.954. The van der Waals surface area contributed by atoms with Gasteiger partial charge in [0, 0.05) is 19.4 Å². The van der Waals surface area contributed by atoms with Crippen molar-refractivity contribution in [2.75, 3.05) is 12.4 Å². The first-order chi connectivity index (χ1) is 7.31. The molecule has 1 aromatic rings. The third-order valence-electron chi connectivity index (χ3n) is 2.63. The molecule has 0 bridgehead atoms. The van der Waals surface area contributed by atoms with Crippen LogP contribution in [0.25, 0.3) is 0 Å². The van der Waals surface area contributed by atoms with Gasteiger partial charge in [-0.2, -0.15) is 0 Å². The molecule has 5 heteroatoms. The van der Waals surface area contributed by atoms with Crippen molar-refractivity contribution in [3.05, 3.63) is 11.9 Å². The van der Waals surface area contributed by atoms with Gasteiger partial charge < -0.3 is 14.4 Å². The van der Waals surface area contributed by atoms with Crippen LogP contribution in [0.3, 0.4) is 0 Å². The zero-order valence-corrected chi connectivity index (χ0v) is 9.66. The number of aliphatic hydroxyl groups excluding tert-OH is 1. The SMILES string of the molecule is Cn1c(CO)cnc1SCC1CCCO1. The summed E-state index contributed by atoms with van der Waals surface area (Å²) >= 11 is 1.70. The average Bonchev–Trinajstić information content (AvgIpc) is 2.85. The maximum atomic E-state index is 9.02. The quantitative estimate of drug-likeness (QED) is 0.786. The lowest BCUT2D eigenvalue weighted by atomic mass is 10.3. The summed E-state index contributed by atoms with van der Waals surface area (Å²) in [6, 6.07) is 0. The predicted molar refractivity (Wildman–Crippen MR) is 58.8 cm³/mol. The van der Waals surface area contributed by atoms with Crippen LogP contribution in [0.2, 0.25) is 0 Å². The number of hydrogen-bond donors (Lipinski definition) is 1. The van der Waals surface area contributed by atoms with E-state index in [-0.39, 0.29) is 6.61 Å². The second-order valence-corrected chi connectivity index (χ2v) is 4.68. The Kier molecular flexibility index (Phi) is 3.66. The van der Waals surface area contributed by atoms with E-state index in [1.165, 1.54) is 6.42 Å². The minimum absolute atomic E-state index is 0.0456. The number of imidazole rings is 1. The molecule has 0 spiro atoms. The number of rotatable bonds is 4. The molecule has 1 aliphatic rings. The number of aromatic nitrogens is 2. The van der Waals surface area contributed by atoms with Gasteiger partial charge in [-0.25, -0.2) is 4.98 Å². The largest absolute Gasteiger partial charge is 0.390 e. The Hall–Kier alpha value is -0.520. The van der Waals surface area contributed by atoms with Gasteiger partial charge in [0.15, 0.2) is 5.16 Å². The third-order valence-corrected chi connectivity index (χ3v) is 3.80. The van der Waals surface area contributed by atoms with Crippen molar-refractivity contribution in [1.29, 1.82) is 0 Å². The van der Waals surface area contributed by atoms with E-state index in [1.54, 1.807) is 18.0 Å². The first kappa shape index (κ1) is 11.0. The van der Waals surface area contributed by atoms with Gasteiger partial charge in [-0.1, -0.05) is 11.8 Å². The van der Waals surface area contributed by atoms with E-state index >= 15 is 0 Å². The number of thioether (sulfide) groups is 1. The van der Waals surface area contributed by atoms with Crippen LogP contribution in [0.4, 0.5) is 0 Å². The first-order valence-electron chi connectivity index (χ1n) is 5.17. The van der Waals surface area contributed by atoms with Crippen LogP contribution in [0.15, 0.2) is 11.4 Å². The summed E-state index contributed by atoms with van der Waals surface area (Å²) in [4.78, 5) is 4.26. The number of aliphatic hydroxyl groups is 1. The lowest BCUT2D eigenvalue weighted by Crippen LogP contribution is -2.09. The van der Waals surface area contributed by atoms with Crippen LogP contribution in [-0.4, -0.2) is 33.1 Å². The smallest absolute Gasteiger partial charge is 0.168 e. The predicted octanol–water partition coefficient (Wildman–Crippen LogP) is 1.18. The van der Waals surface area contributed by atoms with E-state index < -0.39 is 0 Å². The fraction of sp³-hybridized carbons (Fsp3) is 0.700. The molecule has 1 fully saturated rings. The molecule has 0 saturated carbocycles. The van der Waals surface area contributed by atoms with Crippen molar-refractivity contribution in [3.63, 3.8) is 0 Å². The van der Waals surface area contributed by atoms with Crippen molar-refractivity contribution in [2.45, 2.75) is 30.7 Å². The zero-order chi connectivity index (χ0) is 10.7. The van der Waals surface area contributed by atoms with E-state index in [9.17, 15) is 0 Å². The van der Waals surface area contributed by atoms with Crippen LogP contribution in [0.1, 0.15) is 18.5 Å². The molecule has 0 radical (unpaired) electrons. The van der Waals surface area contributed by atoms with Gasteiger partial charge in [-0.05, 0) is 12.8 Å². The van der Waals surface area contributed by atoms with Crippen molar-refractivity contribution in [2.24, 2.45) is 7.05 Å². The van der Waals surface area contributed by atoms with Crippen LogP contribution in [-0.2, 0) is 18.4 Å². The molecule has 1 N–H and O–H groups in total. The summed E-state index contributed by atoms with van der Waals surface area (Å²) in [5, 5.41) is 9.97. The summed E-state index contributed by atoms with van der Waals surface area (Å²) in [6.45, 7) is 0.942. The third kappa shape index (κ3) is 2.53. The fourth-order valence-electron chi connectivity index (χ4n) is 1.65. The monoisotopic (exact) mass is 228 g/mol. The van der Waals surface area contributed by atoms with E-state index in [1.807, 2.05) is 11.6 Å². The molecule has 1 aromatic heterocycles. The van der Waals surface area contributed by atoms with Gasteiger partial charge in [-0.15, -0.1) is 0 Å². The number of hydrogen-bond acceptors (Lipinski definition) is 4. The molecule has 1 aliphatic heterocycles. The highest BCUT2D eigenvalue weighted by Gasteiger charge is 2.17. The highest BCUT2D eigenvalue weighted by molar-refractivity contribution is 7.99. The van der Waals surface area contributed by atoms with Crippen LogP contribution in [0, 0.1) is 0 Å². The molecule has 15 heavy (non-hydrogen) atoms. The minimum Gasteiger partial charge on any atom is -0.390 e. The minimum atomic E-state index is 0.0456. The average molecular weight is 228 g/mol. The highest BCUT2D eigenvalue weighted by atomic mass is 32.2. The Morgan fingerprint density at radius 1 is 1.73 bits per heavy atom. The zero-order valence-electron chi connectivity index (χ0n) is 8.85. The van der Waals surface area contributed by atoms with Gasteiger partial charge >= 0.3 is 0 Å². The summed E-state index contributed by atoms with van der Waals surface area (Å²) < 4.78 is 7.47. The van der Waals surface area contributed by atoms with Gasteiger partial charge in [0.2, 0.25) is 0 Å². The van der Waals surface area contributed by atoms with Crippen molar-refractivity contribution in [1.82, 2.24) is 9.55 Å². The summed E-state index contributed by atoms with van der Waals surface area (Å²) in [7, 11) is 1.93. The molecule has 4 nitrogen and oxygen atoms in total. The lowest BCUT2D eigenvalue weighted by molar-refractivity contribution is 0.129. The molecular weight excluding hydrogens is 212 g/mol. The Labute approximate surface area is 93.6 Å². The van der Waals surface area contributed by atoms with Gasteiger partial charge in [0.25, 0.3) is 0 Å². The highest BCUT2D eigenvalue weighted by Crippen LogP contribution is 2.23. The molecule has 1 saturated heterocycles. The van der Waals surface area contributed by atoms with Gasteiger partial charge in [0.05, 0.1) is 24.6 Å². The second-order valence-electron chi connectivity index (χ2n) is 3.70. The Balaban J connectivity index is 1.89. The maximum absolute atomic E-state index is 9.02. The van der Waals surface area contributed by atoms with Crippen molar-refractivity contribution in [3.8, 4) is 0 Å². The molecule has 1 atom stereocenters. The lowest BCUT2D eigenvalue weighted by Gasteiger charge is -2.08. The van der Waals surface area contributed by atoms with Gasteiger partial charge in [-0.3, -0.25) is 0 Å². The van der Waals surface area contributed by atoms with Crippen molar-refractivity contribution < 1.29 is 9.84 Å². The standard InChI is InChI=1S/C10H16N2O2S/c1-12-8(6-13)5-11-10(12)15-7-9-3-2-4-14-9/h5,9,13H,2-4,6-7H2,1H3. The van der Waals surface area contributed by atoms with E-state index in [0.29, 0.717) is 6.10 Å². The van der Waals surface area contributed by atoms with Gasteiger partial charge in [0.1, 0.15) is 0 Å². The van der Waals surface area contributed by atoms with Crippen LogP contribution in [0.5, 0.6) is 0 Å². The normalized spacial score (nSPS) is 21.1. The Bertz CT molecular complexity index is 321. The van der Waals surface area contributed by atoms with Crippen molar-refractivity contribution >= 4 is 11.8 Å². The molecule has 0 amide bonds. The van der Waals surface area contributed by atoms with E-state index in [0.717, 1.165) is 29.6 Å². The fourth-order valence-corrected chi connectivity index (χ4v) is 2.69. The molecule has 0 aromatic carbocycles. The Morgan fingerprint density at radius 2 is 2.60 bits per heavy atom. The Morgan fingerprint density at radius 3 is 3.20 bits per heavy atom. The molecule has 1 unspecified atom stereocenters. The number of nitrogens with zero attached hydrogens (tertiary/aromatic N) is 2. The van der Waals surface area contributed by atoms with E-state index in [2.05, 4.69) is 4.98 Å². The number of ether oxygens (including phenoxy) is 1. The molecule has 2 heterocycles. The second kappa shape index (κ2) is 5.01. The molecule has 84 valence electrons. The van der Waals surface area contributed by atoms with E-state index in [4.69, 9.17) is 9.84 Å². The summed E-state index contributed by atoms with van der Waals surface area (Å²) in [6.07, 6.45) is 4.43. The summed E-state index contributed by atoms with van der Waals surface area (Å²) in [5.41, 5.74) is 0.852. The maximum Gasteiger partial charge on any atom is 0.168 e. The van der Waals surface area contributed by atoms with Crippen LogP contribution >= 0.6 is 11.8 Å². The molecular formula is C10H16N2O2S. The first-order valence-corrected chi connectivity index (χ1v) is 6.15. The molecule has 2 rings (SSSR count).